The highest BCUT2D eigenvalue weighted by Gasteiger charge is 2.16. The van der Waals surface area contributed by atoms with Crippen molar-refractivity contribution in [2.24, 2.45) is 0 Å². The van der Waals surface area contributed by atoms with E-state index in [4.69, 9.17) is 0 Å². The Balaban J connectivity index is 2.41. The summed E-state index contributed by atoms with van der Waals surface area (Å²) in [5, 5.41) is 14.8. The Morgan fingerprint density at radius 2 is 2.06 bits per heavy atom. The van der Waals surface area contributed by atoms with Gasteiger partial charge in [0, 0.05) is 13.1 Å². The summed E-state index contributed by atoms with van der Waals surface area (Å²) in [4.78, 5) is 11.7. The summed E-state index contributed by atoms with van der Waals surface area (Å²) in [5.41, 5.74) is 0. The van der Waals surface area contributed by atoms with Gasteiger partial charge >= 0.3 is 0 Å². The summed E-state index contributed by atoms with van der Waals surface area (Å²) in [6, 6.07) is 0. The van der Waals surface area contributed by atoms with Crippen LogP contribution in [0.3, 0.4) is 0 Å². The third kappa shape index (κ3) is 5.22. The van der Waals surface area contributed by atoms with Crippen LogP contribution in [-0.4, -0.2) is 34.4 Å². The average Bonchev–Trinajstić information content (AvgIpc) is 2.80. The first kappa shape index (κ1) is 15.2. The standard InChI is InChI=1S/C11H20N4OS2/c1-4-6-12-9(16)8(3)17-11-15-14-10(18-11)13-7-5-2/h8H,4-7H2,1-3H3,(H,12,16)(H,13,14). The number of rotatable bonds is 8. The number of hydrogen-bond donors (Lipinski definition) is 2. The highest BCUT2D eigenvalue weighted by atomic mass is 32.2. The molecule has 0 aliphatic rings. The van der Waals surface area contributed by atoms with E-state index < -0.39 is 0 Å². The van der Waals surface area contributed by atoms with E-state index in [0.717, 1.165) is 35.4 Å². The molecule has 0 radical (unpaired) electrons. The van der Waals surface area contributed by atoms with Crippen LogP contribution in [0, 0.1) is 0 Å². The largest absolute Gasteiger partial charge is 0.360 e. The van der Waals surface area contributed by atoms with E-state index in [-0.39, 0.29) is 11.2 Å². The van der Waals surface area contributed by atoms with Gasteiger partial charge in [-0.1, -0.05) is 36.9 Å². The number of amides is 1. The second-order valence-corrected chi connectivity index (χ2v) is 6.42. The molecule has 1 unspecified atom stereocenters. The van der Waals surface area contributed by atoms with Gasteiger partial charge in [-0.15, -0.1) is 10.2 Å². The molecule has 0 fully saturated rings. The van der Waals surface area contributed by atoms with Crippen molar-refractivity contribution in [3.8, 4) is 0 Å². The predicted molar refractivity (Wildman–Crippen MR) is 77.3 cm³/mol. The lowest BCUT2D eigenvalue weighted by molar-refractivity contribution is -0.120. The lowest BCUT2D eigenvalue weighted by Crippen LogP contribution is -2.31. The number of nitrogens with one attached hydrogen (secondary N) is 2. The van der Waals surface area contributed by atoms with Crippen LogP contribution in [0.2, 0.25) is 0 Å². The number of thioether (sulfide) groups is 1. The topological polar surface area (TPSA) is 66.9 Å². The molecule has 102 valence electrons. The summed E-state index contributed by atoms with van der Waals surface area (Å²) in [7, 11) is 0. The Hall–Kier alpha value is -0.820. The zero-order valence-electron chi connectivity index (χ0n) is 11.0. The lowest BCUT2D eigenvalue weighted by Gasteiger charge is -2.08. The van der Waals surface area contributed by atoms with E-state index in [2.05, 4.69) is 27.8 Å². The van der Waals surface area contributed by atoms with Crippen molar-refractivity contribution in [3.63, 3.8) is 0 Å². The summed E-state index contributed by atoms with van der Waals surface area (Å²) in [5.74, 6) is 0.0557. The molecule has 18 heavy (non-hydrogen) atoms. The monoisotopic (exact) mass is 288 g/mol. The maximum Gasteiger partial charge on any atom is 0.233 e. The minimum atomic E-state index is -0.136. The second-order valence-electron chi connectivity index (χ2n) is 3.85. The number of aromatic nitrogens is 2. The molecular formula is C11H20N4OS2. The van der Waals surface area contributed by atoms with Crippen molar-refractivity contribution in [2.45, 2.75) is 43.2 Å². The first-order valence-electron chi connectivity index (χ1n) is 6.19. The van der Waals surface area contributed by atoms with Crippen LogP contribution >= 0.6 is 23.1 Å². The van der Waals surface area contributed by atoms with Gasteiger partial charge in [-0.05, 0) is 19.8 Å². The van der Waals surface area contributed by atoms with E-state index in [1.165, 1.54) is 23.1 Å². The third-order valence-electron chi connectivity index (χ3n) is 2.13. The van der Waals surface area contributed by atoms with E-state index in [1.54, 1.807) is 0 Å². The van der Waals surface area contributed by atoms with Crippen molar-refractivity contribution < 1.29 is 4.79 Å². The van der Waals surface area contributed by atoms with E-state index in [1.807, 2.05) is 13.8 Å². The highest BCUT2D eigenvalue weighted by Crippen LogP contribution is 2.28. The van der Waals surface area contributed by atoms with Gasteiger partial charge in [0.2, 0.25) is 11.0 Å². The summed E-state index contributed by atoms with van der Waals surface area (Å²) in [6.45, 7) is 7.64. The number of carbonyl (C=O) groups excluding carboxylic acids is 1. The lowest BCUT2D eigenvalue weighted by atomic mass is 10.4. The van der Waals surface area contributed by atoms with Crippen LogP contribution in [0.15, 0.2) is 4.34 Å². The molecule has 1 heterocycles. The van der Waals surface area contributed by atoms with Crippen molar-refractivity contribution in [1.82, 2.24) is 15.5 Å². The molecule has 0 saturated heterocycles. The maximum atomic E-state index is 11.7. The van der Waals surface area contributed by atoms with Crippen LogP contribution in [0.25, 0.3) is 0 Å². The number of hydrogen-bond acceptors (Lipinski definition) is 6. The van der Waals surface area contributed by atoms with Gasteiger partial charge in [0.25, 0.3) is 0 Å². The first-order valence-corrected chi connectivity index (χ1v) is 7.88. The predicted octanol–water partition coefficient (Wildman–Crippen LogP) is 2.37. The molecule has 0 aromatic carbocycles. The Kier molecular flexibility index (Phi) is 7.04. The van der Waals surface area contributed by atoms with Gasteiger partial charge in [-0.3, -0.25) is 4.79 Å². The Morgan fingerprint density at radius 3 is 2.72 bits per heavy atom. The molecule has 1 aromatic heterocycles. The summed E-state index contributed by atoms with van der Waals surface area (Å²) < 4.78 is 0.827. The molecule has 0 bridgehead atoms. The summed E-state index contributed by atoms with van der Waals surface area (Å²) >= 11 is 2.94. The number of nitrogens with zero attached hydrogens (tertiary/aromatic N) is 2. The quantitative estimate of drug-likeness (QED) is 0.719. The molecule has 0 aliphatic heterocycles. The average molecular weight is 288 g/mol. The van der Waals surface area contributed by atoms with E-state index in [0.29, 0.717) is 0 Å². The maximum absolute atomic E-state index is 11.7. The number of carbonyl (C=O) groups is 1. The molecule has 1 aromatic rings. The smallest absolute Gasteiger partial charge is 0.233 e. The van der Waals surface area contributed by atoms with Crippen molar-refractivity contribution in [3.05, 3.63) is 0 Å². The minimum Gasteiger partial charge on any atom is -0.360 e. The minimum absolute atomic E-state index is 0.0557. The van der Waals surface area contributed by atoms with Gasteiger partial charge < -0.3 is 10.6 Å². The molecular weight excluding hydrogens is 268 g/mol. The second kappa shape index (κ2) is 8.31. The van der Waals surface area contributed by atoms with Gasteiger partial charge in [0.1, 0.15) is 0 Å². The van der Waals surface area contributed by atoms with Gasteiger partial charge in [0.15, 0.2) is 4.34 Å². The van der Waals surface area contributed by atoms with Crippen LogP contribution in [0.4, 0.5) is 5.13 Å². The van der Waals surface area contributed by atoms with Gasteiger partial charge in [-0.2, -0.15) is 0 Å². The molecule has 1 rings (SSSR count). The highest BCUT2D eigenvalue weighted by molar-refractivity contribution is 8.02. The van der Waals surface area contributed by atoms with Gasteiger partial charge in [-0.25, -0.2) is 0 Å². The molecule has 2 N–H and O–H groups in total. The van der Waals surface area contributed by atoms with Crippen LogP contribution < -0.4 is 10.6 Å². The van der Waals surface area contributed by atoms with Crippen molar-refractivity contribution in [2.75, 3.05) is 18.4 Å². The number of anilines is 1. The van der Waals surface area contributed by atoms with Crippen LogP contribution in [-0.2, 0) is 4.79 Å². The summed E-state index contributed by atoms with van der Waals surface area (Å²) in [6.07, 6.45) is 2.00. The molecule has 7 heteroatoms. The Morgan fingerprint density at radius 1 is 1.33 bits per heavy atom. The normalized spacial score (nSPS) is 12.2. The fourth-order valence-electron chi connectivity index (χ4n) is 1.16. The first-order chi connectivity index (χ1) is 8.67. The van der Waals surface area contributed by atoms with Crippen LogP contribution in [0.1, 0.15) is 33.6 Å². The Labute approximate surface area is 116 Å². The van der Waals surface area contributed by atoms with Crippen LogP contribution in [0.5, 0.6) is 0 Å². The molecule has 0 saturated carbocycles. The van der Waals surface area contributed by atoms with Crippen molar-refractivity contribution >= 4 is 34.1 Å². The fraction of sp³-hybridized carbons (Fsp3) is 0.727. The van der Waals surface area contributed by atoms with Crippen molar-refractivity contribution in [1.29, 1.82) is 0 Å². The zero-order chi connectivity index (χ0) is 13.4. The van der Waals surface area contributed by atoms with Gasteiger partial charge in [0.05, 0.1) is 5.25 Å². The molecule has 1 amide bonds. The molecule has 1 atom stereocenters. The SMILES string of the molecule is CCCNC(=O)C(C)Sc1nnc(NCCC)s1. The van der Waals surface area contributed by atoms with E-state index in [9.17, 15) is 4.79 Å². The van der Waals surface area contributed by atoms with E-state index >= 15 is 0 Å². The molecule has 0 aliphatic carbocycles. The molecule has 5 nitrogen and oxygen atoms in total. The third-order valence-corrected chi connectivity index (χ3v) is 4.19. The zero-order valence-corrected chi connectivity index (χ0v) is 12.7. The fourth-order valence-corrected chi connectivity index (χ4v) is 3.10. The Bertz CT molecular complexity index is 370. The molecule has 0 spiro atoms.